The van der Waals surface area contributed by atoms with E-state index in [2.05, 4.69) is 41.0 Å². The van der Waals surface area contributed by atoms with Gasteiger partial charge in [-0.2, -0.15) is 0 Å². The van der Waals surface area contributed by atoms with Crippen LogP contribution in [0.25, 0.3) is 22.0 Å². The van der Waals surface area contributed by atoms with Gasteiger partial charge in [0.05, 0.1) is 18.4 Å². The summed E-state index contributed by atoms with van der Waals surface area (Å²) in [6.45, 7) is 12.1. The Hall–Kier alpha value is -2.33. The van der Waals surface area contributed by atoms with E-state index in [0.717, 1.165) is 47.4 Å². The van der Waals surface area contributed by atoms with E-state index in [1.807, 2.05) is 46.0 Å². The van der Waals surface area contributed by atoms with Crippen molar-refractivity contribution in [3.63, 3.8) is 0 Å². The Balaban J connectivity index is 0.000000791. The molecule has 0 amide bonds. The number of fused-ring (bicyclic) bond motifs is 1. The summed E-state index contributed by atoms with van der Waals surface area (Å²) >= 11 is 0. The molecule has 0 atom stereocenters. The topological polar surface area (TPSA) is 52.1 Å². The summed E-state index contributed by atoms with van der Waals surface area (Å²) in [7, 11) is 2.11. The number of nitrogens with zero attached hydrogens (tertiary/aromatic N) is 2. The van der Waals surface area contributed by atoms with E-state index in [0.29, 0.717) is 5.75 Å². The highest BCUT2D eigenvalue weighted by Crippen LogP contribution is 2.25. The molecule has 0 saturated carbocycles. The fourth-order valence-corrected chi connectivity index (χ4v) is 2.71. The van der Waals surface area contributed by atoms with Crippen molar-refractivity contribution in [3.05, 3.63) is 48.4 Å². The van der Waals surface area contributed by atoms with Crippen LogP contribution in [0, 0.1) is 0 Å². The maximum absolute atomic E-state index is 9.53. The number of rotatable bonds is 5. The van der Waals surface area contributed by atoms with Crippen molar-refractivity contribution in [1.82, 2.24) is 14.9 Å². The van der Waals surface area contributed by atoms with Crippen LogP contribution in [0.15, 0.2) is 42.6 Å². The molecule has 4 nitrogen and oxygen atoms in total. The van der Waals surface area contributed by atoms with Crippen LogP contribution in [-0.2, 0) is 6.54 Å². The van der Waals surface area contributed by atoms with Crippen LogP contribution in [0.3, 0.4) is 0 Å². The minimum Gasteiger partial charge on any atom is -0.508 e. The van der Waals surface area contributed by atoms with E-state index in [-0.39, 0.29) is 0 Å². The molecule has 2 aromatic carbocycles. The Morgan fingerprint density at radius 1 is 1.00 bits per heavy atom. The molecule has 0 aliphatic heterocycles. The van der Waals surface area contributed by atoms with Crippen molar-refractivity contribution >= 4 is 10.8 Å². The zero-order valence-electron chi connectivity index (χ0n) is 17.0. The lowest BCUT2D eigenvalue weighted by molar-refractivity contribution is 0.320. The van der Waals surface area contributed by atoms with Crippen molar-refractivity contribution < 1.29 is 5.11 Å². The van der Waals surface area contributed by atoms with Gasteiger partial charge in [-0.25, -0.2) is 4.98 Å². The quantitative estimate of drug-likeness (QED) is 0.605. The molecule has 142 valence electrons. The Labute approximate surface area is 157 Å². The number of aromatic amines is 1. The van der Waals surface area contributed by atoms with E-state index in [4.69, 9.17) is 0 Å². The van der Waals surface area contributed by atoms with Gasteiger partial charge in [0.2, 0.25) is 0 Å². The number of phenolic OH excluding ortho intramolecular Hbond substituents is 1. The molecule has 26 heavy (non-hydrogen) atoms. The summed E-state index contributed by atoms with van der Waals surface area (Å²) in [5.74, 6) is 1.28. The van der Waals surface area contributed by atoms with Crippen molar-refractivity contribution in [2.45, 2.75) is 47.6 Å². The highest BCUT2D eigenvalue weighted by Gasteiger charge is 2.06. The lowest BCUT2D eigenvalue weighted by atomic mass is 10.1. The largest absolute Gasteiger partial charge is 0.508 e. The minimum absolute atomic E-state index is 0.294. The molecular weight excluding hydrogens is 322 g/mol. The standard InChI is InChI=1S/C18H21N3O.2C2H6/c1-3-8-21(2)12-18-19-11-17(20-18)15-5-4-14-10-16(22)7-6-13(14)9-15;2*1-2/h4-7,9-11,22H,3,8,12H2,1-2H3,(H,19,20);2*1-2H3. The molecule has 0 aliphatic carbocycles. The third-order valence-electron chi connectivity index (χ3n) is 3.79. The third-order valence-corrected chi connectivity index (χ3v) is 3.79. The van der Waals surface area contributed by atoms with Crippen LogP contribution < -0.4 is 0 Å². The molecule has 0 aliphatic rings. The summed E-state index contributed by atoms with van der Waals surface area (Å²) < 4.78 is 0. The van der Waals surface area contributed by atoms with E-state index < -0.39 is 0 Å². The maximum atomic E-state index is 9.53. The number of aromatic nitrogens is 2. The molecule has 0 bridgehead atoms. The van der Waals surface area contributed by atoms with Gasteiger partial charge in [-0.3, -0.25) is 4.90 Å². The zero-order chi connectivity index (χ0) is 19.5. The van der Waals surface area contributed by atoms with Crippen molar-refractivity contribution in [3.8, 4) is 17.0 Å². The third kappa shape index (κ3) is 5.88. The Morgan fingerprint density at radius 3 is 2.35 bits per heavy atom. The molecule has 0 spiro atoms. The van der Waals surface area contributed by atoms with Crippen molar-refractivity contribution in [2.75, 3.05) is 13.6 Å². The van der Waals surface area contributed by atoms with Gasteiger partial charge >= 0.3 is 0 Å². The maximum Gasteiger partial charge on any atom is 0.120 e. The second-order valence-electron chi connectivity index (χ2n) is 5.73. The molecule has 0 unspecified atom stereocenters. The van der Waals surface area contributed by atoms with Crippen LogP contribution in [0.2, 0.25) is 0 Å². The highest BCUT2D eigenvalue weighted by molar-refractivity contribution is 5.87. The Bertz CT molecular complexity index is 780. The first-order chi connectivity index (χ1) is 12.7. The second-order valence-corrected chi connectivity index (χ2v) is 5.73. The van der Waals surface area contributed by atoms with Crippen LogP contribution in [0.5, 0.6) is 5.75 Å². The van der Waals surface area contributed by atoms with Crippen molar-refractivity contribution in [1.29, 1.82) is 0 Å². The number of aromatic hydroxyl groups is 1. The minimum atomic E-state index is 0.294. The predicted molar refractivity (Wildman–Crippen MR) is 113 cm³/mol. The number of hydrogen-bond donors (Lipinski definition) is 2. The molecule has 1 heterocycles. The molecule has 4 heteroatoms. The summed E-state index contributed by atoms with van der Waals surface area (Å²) in [4.78, 5) is 10.1. The fraction of sp³-hybridized carbons (Fsp3) is 0.409. The molecular formula is C22H33N3O. The first kappa shape index (κ1) is 21.7. The summed E-state index contributed by atoms with van der Waals surface area (Å²) in [5.41, 5.74) is 2.13. The molecule has 3 rings (SSSR count). The summed E-state index contributed by atoms with van der Waals surface area (Å²) in [6.07, 6.45) is 3.03. The van der Waals surface area contributed by atoms with Gasteiger partial charge in [-0.15, -0.1) is 0 Å². The monoisotopic (exact) mass is 355 g/mol. The molecule has 0 fully saturated rings. The van der Waals surface area contributed by atoms with Crippen LogP contribution in [-0.4, -0.2) is 33.6 Å². The average molecular weight is 356 g/mol. The lowest BCUT2D eigenvalue weighted by Crippen LogP contribution is -2.19. The molecule has 3 aromatic rings. The van der Waals surface area contributed by atoms with Gasteiger partial charge in [-0.1, -0.05) is 52.8 Å². The van der Waals surface area contributed by atoms with Gasteiger partial charge in [0.25, 0.3) is 0 Å². The zero-order valence-corrected chi connectivity index (χ0v) is 17.0. The van der Waals surface area contributed by atoms with Gasteiger partial charge < -0.3 is 10.1 Å². The van der Waals surface area contributed by atoms with Gasteiger partial charge in [-0.05, 0) is 49.0 Å². The second kappa shape index (κ2) is 11.3. The number of benzene rings is 2. The average Bonchev–Trinajstić information content (AvgIpc) is 3.13. The molecule has 1 aromatic heterocycles. The molecule has 0 radical (unpaired) electrons. The summed E-state index contributed by atoms with van der Waals surface area (Å²) in [5, 5.41) is 11.7. The number of nitrogens with one attached hydrogen (secondary N) is 1. The van der Waals surface area contributed by atoms with E-state index in [1.54, 1.807) is 12.1 Å². The normalized spacial score (nSPS) is 10.1. The number of phenols is 1. The number of H-pyrrole nitrogens is 1. The first-order valence-electron chi connectivity index (χ1n) is 9.61. The summed E-state index contributed by atoms with van der Waals surface area (Å²) in [6, 6.07) is 11.6. The SMILES string of the molecule is CC.CC.CCCN(C)Cc1ncc(-c2ccc3cc(O)ccc3c2)[nH]1. The lowest BCUT2D eigenvalue weighted by Gasteiger charge is -2.13. The highest BCUT2D eigenvalue weighted by atomic mass is 16.3. The van der Waals surface area contributed by atoms with Gasteiger partial charge in [0.15, 0.2) is 0 Å². The predicted octanol–water partition coefficient (Wildman–Crippen LogP) is 5.83. The van der Waals surface area contributed by atoms with E-state index in [1.165, 1.54) is 0 Å². The van der Waals surface area contributed by atoms with Gasteiger partial charge in [0.1, 0.15) is 11.6 Å². The molecule has 2 N–H and O–H groups in total. The van der Waals surface area contributed by atoms with Crippen LogP contribution >= 0.6 is 0 Å². The smallest absolute Gasteiger partial charge is 0.120 e. The van der Waals surface area contributed by atoms with E-state index >= 15 is 0 Å². The fourth-order valence-electron chi connectivity index (χ4n) is 2.71. The first-order valence-corrected chi connectivity index (χ1v) is 9.61. The van der Waals surface area contributed by atoms with Crippen molar-refractivity contribution in [2.24, 2.45) is 0 Å². The Morgan fingerprint density at radius 2 is 1.65 bits per heavy atom. The Kier molecular flexibility index (Phi) is 9.45. The molecule has 0 saturated heterocycles. The van der Waals surface area contributed by atoms with Crippen LogP contribution in [0.1, 0.15) is 46.9 Å². The number of hydrogen-bond acceptors (Lipinski definition) is 3. The van der Waals surface area contributed by atoms with E-state index in [9.17, 15) is 5.11 Å². The van der Waals surface area contributed by atoms with Crippen LogP contribution in [0.4, 0.5) is 0 Å². The van der Waals surface area contributed by atoms with Gasteiger partial charge in [0, 0.05) is 5.56 Å². The number of imidazole rings is 1.